The van der Waals surface area contributed by atoms with Gasteiger partial charge in [0.2, 0.25) is 5.91 Å². The summed E-state index contributed by atoms with van der Waals surface area (Å²) in [6, 6.07) is 3.95. The maximum absolute atomic E-state index is 13.9. The molecule has 212 valence electrons. The van der Waals surface area contributed by atoms with Crippen LogP contribution in [0, 0.1) is 5.41 Å². The summed E-state index contributed by atoms with van der Waals surface area (Å²) in [5.74, 6) is -1.72. The number of anilines is 1. The minimum atomic E-state index is -4.71. The van der Waals surface area contributed by atoms with Gasteiger partial charge >= 0.3 is 12.3 Å². The van der Waals surface area contributed by atoms with Gasteiger partial charge in [-0.25, -0.2) is 9.78 Å². The highest BCUT2D eigenvalue weighted by Gasteiger charge is 2.46. The third kappa shape index (κ3) is 8.22. The average Bonchev–Trinajstić information content (AvgIpc) is 3.62. The summed E-state index contributed by atoms with van der Waals surface area (Å²) in [5, 5.41) is 5.12. The first-order chi connectivity index (χ1) is 18.3. The number of benzene rings is 1. The van der Waals surface area contributed by atoms with Gasteiger partial charge in [0.25, 0.3) is 5.91 Å². The molecule has 1 fully saturated rings. The van der Waals surface area contributed by atoms with E-state index in [1.165, 1.54) is 31.3 Å². The molecule has 0 unspecified atom stereocenters. The fourth-order valence-electron chi connectivity index (χ4n) is 3.93. The quantitative estimate of drug-likeness (QED) is 0.224. The Morgan fingerprint density at radius 2 is 1.97 bits per heavy atom. The second-order valence-electron chi connectivity index (χ2n) is 9.51. The normalized spacial score (nSPS) is 14.7. The number of halogens is 4. The maximum Gasteiger partial charge on any atom is 0.419 e. The minimum Gasteiger partial charge on any atom is -0.492 e. The number of nitrogens with two attached hydrogens (primary N) is 1. The van der Waals surface area contributed by atoms with E-state index < -0.39 is 46.9 Å². The molecule has 1 aromatic carbocycles. The van der Waals surface area contributed by atoms with Crippen molar-refractivity contribution < 1.29 is 37.0 Å². The van der Waals surface area contributed by atoms with Gasteiger partial charge in [-0.05, 0) is 38.3 Å². The Kier molecular flexibility index (Phi) is 9.65. The van der Waals surface area contributed by atoms with Crippen molar-refractivity contribution >= 4 is 35.2 Å². The standard InChI is InChI=1S/C26H30ClF3N4O5/c1-3-4-10-38-24(37)33-15(2)16-6-5-7-18(26(28,29)30)22(16)39-14-25(8-9-25)12-21(35)34-19-13-32-20(27)11-17(19)23(31)36/h5-7,11,13,15H,3-4,8-10,12,14H2,1-2H3,(H2,31,36)(H,33,37)(H,34,35)/t15-/m1/s1. The Morgan fingerprint density at radius 1 is 1.26 bits per heavy atom. The van der Waals surface area contributed by atoms with Crippen molar-refractivity contribution in [3.8, 4) is 5.75 Å². The summed E-state index contributed by atoms with van der Waals surface area (Å²) in [5.41, 5.74) is 3.81. The summed E-state index contributed by atoms with van der Waals surface area (Å²) < 4.78 is 52.4. The van der Waals surface area contributed by atoms with Gasteiger partial charge in [-0.15, -0.1) is 0 Å². The molecule has 1 heterocycles. The Morgan fingerprint density at radius 3 is 2.59 bits per heavy atom. The first-order valence-electron chi connectivity index (χ1n) is 12.4. The highest BCUT2D eigenvalue weighted by Crippen LogP contribution is 2.50. The summed E-state index contributed by atoms with van der Waals surface area (Å²) in [4.78, 5) is 40.4. The van der Waals surface area contributed by atoms with Crippen LogP contribution in [-0.2, 0) is 15.7 Å². The molecule has 1 aliphatic rings. The summed E-state index contributed by atoms with van der Waals surface area (Å²) in [7, 11) is 0. The van der Waals surface area contributed by atoms with Gasteiger partial charge in [-0.3, -0.25) is 9.59 Å². The second-order valence-corrected chi connectivity index (χ2v) is 9.89. The number of pyridine rings is 1. The topological polar surface area (TPSA) is 133 Å². The summed E-state index contributed by atoms with van der Waals surface area (Å²) in [6.07, 6.45) is -1.77. The lowest BCUT2D eigenvalue weighted by Crippen LogP contribution is -2.29. The van der Waals surface area contributed by atoms with Crippen molar-refractivity contribution in [3.63, 3.8) is 0 Å². The molecule has 13 heteroatoms. The monoisotopic (exact) mass is 570 g/mol. The number of hydrogen-bond donors (Lipinski definition) is 3. The lowest BCUT2D eigenvalue weighted by atomic mass is 10.0. The zero-order chi connectivity index (χ0) is 28.8. The van der Waals surface area contributed by atoms with Gasteiger partial charge in [0.05, 0.1) is 42.3 Å². The van der Waals surface area contributed by atoms with E-state index >= 15 is 0 Å². The van der Waals surface area contributed by atoms with Crippen LogP contribution in [-0.4, -0.2) is 36.1 Å². The zero-order valence-corrected chi connectivity index (χ0v) is 22.2. The molecule has 3 amide bonds. The second kappa shape index (κ2) is 12.5. The molecule has 39 heavy (non-hydrogen) atoms. The molecule has 1 saturated carbocycles. The Hall–Kier alpha value is -3.54. The molecule has 1 aromatic heterocycles. The first-order valence-corrected chi connectivity index (χ1v) is 12.7. The van der Waals surface area contributed by atoms with E-state index in [9.17, 15) is 27.6 Å². The van der Waals surface area contributed by atoms with E-state index in [4.69, 9.17) is 26.8 Å². The molecule has 9 nitrogen and oxygen atoms in total. The number of hydrogen-bond acceptors (Lipinski definition) is 6. The van der Waals surface area contributed by atoms with Crippen LogP contribution in [0.3, 0.4) is 0 Å². The number of unbranched alkanes of at least 4 members (excludes halogenated alkanes) is 1. The number of carbonyl (C=O) groups is 3. The van der Waals surface area contributed by atoms with Crippen LogP contribution in [0.2, 0.25) is 5.15 Å². The molecule has 1 aliphatic carbocycles. The van der Waals surface area contributed by atoms with Gasteiger partial charge in [0, 0.05) is 17.4 Å². The molecule has 2 aromatic rings. The molecule has 0 bridgehead atoms. The predicted octanol–water partition coefficient (Wildman–Crippen LogP) is 5.63. The number of para-hydroxylation sites is 1. The molecule has 1 atom stereocenters. The number of aromatic nitrogens is 1. The third-order valence-electron chi connectivity index (χ3n) is 6.31. The molecular weight excluding hydrogens is 541 g/mol. The van der Waals surface area contributed by atoms with Crippen LogP contribution in [0.1, 0.15) is 73.5 Å². The molecule has 0 radical (unpaired) electrons. The van der Waals surface area contributed by atoms with Crippen LogP contribution in [0.4, 0.5) is 23.7 Å². The molecule has 0 saturated heterocycles. The molecule has 4 N–H and O–H groups in total. The van der Waals surface area contributed by atoms with Crippen LogP contribution in [0.25, 0.3) is 0 Å². The Balaban J connectivity index is 1.74. The van der Waals surface area contributed by atoms with Gasteiger partial charge in [0.1, 0.15) is 10.9 Å². The van der Waals surface area contributed by atoms with E-state index in [0.29, 0.717) is 19.3 Å². The molecule has 3 rings (SSSR count). The fraction of sp³-hybridized carbons (Fsp3) is 0.462. The Labute approximate surface area is 228 Å². The number of amides is 3. The number of alkyl carbamates (subject to hydrolysis) is 1. The molecule has 0 spiro atoms. The minimum absolute atomic E-state index is 0.0194. The van der Waals surface area contributed by atoms with Crippen molar-refractivity contribution in [2.75, 3.05) is 18.5 Å². The number of carbonyl (C=O) groups excluding carboxylic acids is 3. The van der Waals surface area contributed by atoms with Crippen molar-refractivity contribution in [2.45, 2.75) is 58.2 Å². The van der Waals surface area contributed by atoms with Crippen LogP contribution in [0.5, 0.6) is 5.75 Å². The van der Waals surface area contributed by atoms with Crippen molar-refractivity contribution in [1.29, 1.82) is 0 Å². The molecule has 0 aliphatic heterocycles. The number of ether oxygens (including phenoxy) is 2. The van der Waals surface area contributed by atoms with Crippen LogP contribution < -0.4 is 21.1 Å². The highest BCUT2D eigenvalue weighted by atomic mass is 35.5. The SMILES string of the molecule is CCCCOC(=O)N[C@H](C)c1cccc(C(F)(F)F)c1OCC1(CC(=O)Nc2cnc(Cl)cc2C(N)=O)CC1. The first kappa shape index (κ1) is 30.0. The number of alkyl halides is 3. The van der Waals surface area contributed by atoms with Crippen LogP contribution in [0.15, 0.2) is 30.5 Å². The number of nitrogens with one attached hydrogen (secondary N) is 2. The summed E-state index contributed by atoms with van der Waals surface area (Å²) in [6.45, 7) is 3.48. The number of rotatable bonds is 12. The van der Waals surface area contributed by atoms with E-state index in [0.717, 1.165) is 12.5 Å². The largest absolute Gasteiger partial charge is 0.492 e. The maximum atomic E-state index is 13.9. The van der Waals surface area contributed by atoms with Gasteiger partial charge in [-0.1, -0.05) is 37.1 Å². The van der Waals surface area contributed by atoms with Crippen molar-refractivity contribution in [1.82, 2.24) is 10.3 Å². The Bertz CT molecular complexity index is 1220. The lowest BCUT2D eigenvalue weighted by Gasteiger charge is -2.24. The van der Waals surface area contributed by atoms with Crippen LogP contribution >= 0.6 is 11.6 Å². The number of primary amides is 1. The number of nitrogens with zero attached hydrogens (tertiary/aromatic N) is 1. The summed E-state index contributed by atoms with van der Waals surface area (Å²) >= 11 is 5.79. The lowest BCUT2D eigenvalue weighted by molar-refractivity contribution is -0.139. The predicted molar refractivity (Wildman–Crippen MR) is 137 cm³/mol. The fourth-order valence-corrected chi connectivity index (χ4v) is 4.09. The smallest absolute Gasteiger partial charge is 0.419 e. The van der Waals surface area contributed by atoms with Crippen molar-refractivity contribution in [2.24, 2.45) is 11.1 Å². The van der Waals surface area contributed by atoms with Gasteiger partial charge in [-0.2, -0.15) is 13.2 Å². The van der Waals surface area contributed by atoms with E-state index in [2.05, 4.69) is 15.6 Å². The van der Waals surface area contributed by atoms with Gasteiger partial charge in [0.15, 0.2) is 0 Å². The third-order valence-corrected chi connectivity index (χ3v) is 6.51. The van der Waals surface area contributed by atoms with E-state index in [-0.39, 0.29) is 41.6 Å². The van der Waals surface area contributed by atoms with Crippen molar-refractivity contribution in [3.05, 3.63) is 52.3 Å². The molecular formula is C26H30ClF3N4O5. The average molecular weight is 571 g/mol. The van der Waals surface area contributed by atoms with E-state index in [1.54, 1.807) is 0 Å². The van der Waals surface area contributed by atoms with Gasteiger partial charge < -0.3 is 25.8 Å². The zero-order valence-electron chi connectivity index (χ0n) is 21.5. The highest BCUT2D eigenvalue weighted by molar-refractivity contribution is 6.30. The van der Waals surface area contributed by atoms with E-state index in [1.807, 2.05) is 6.92 Å².